The number of rotatable bonds is 4. The molecule has 1 atom stereocenters. The van der Waals surface area contributed by atoms with Gasteiger partial charge in [0.25, 0.3) is 5.69 Å². The fourth-order valence-corrected chi connectivity index (χ4v) is 3.41. The van der Waals surface area contributed by atoms with Gasteiger partial charge in [0.15, 0.2) is 0 Å². The lowest BCUT2D eigenvalue weighted by Crippen LogP contribution is -2.42. The van der Waals surface area contributed by atoms with Crippen molar-refractivity contribution in [3.05, 3.63) is 28.3 Å². The summed E-state index contributed by atoms with van der Waals surface area (Å²) in [6, 6.07) is 3.19. The van der Waals surface area contributed by atoms with Gasteiger partial charge in [-0.2, -0.15) is 13.2 Å². The number of nitrogens with zero attached hydrogens (tertiary/aromatic N) is 2. The van der Waals surface area contributed by atoms with Gasteiger partial charge in [-0.3, -0.25) is 10.1 Å². The molecule has 1 saturated heterocycles. The Kier molecular flexibility index (Phi) is 5.04. The Morgan fingerprint density at radius 2 is 2.04 bits per heavy atom. The molecule has 1 aromatic rings. The van der Waals surface area contributed by atoms with E-state index in [2.05, 4.69) is 0 Å². The maximum absolute atomic E-state index is 12.9. The Balaban J connectivity index is 2.41. The lowest BCUT2D eigenvalue weighted by atomic mass is 9.97. The summed E-state index contributed by atoms with van der Waals surface area (Å²) in [5.41, 5.74) is -0.543. The molecule has 0 amide bonds. The second-order valence-electron chi connectivity index (χ2n) is 5.44. The Morgan fingerprint density at radius 1 is 1.38 bits per heavy atom. The molecule has 2 rings (SSSR count). The number of hydrogen-bond acceptors (Lipinski definition) is 5. The predicted octanol–water partition coefficient (Wildman–Crippen LogP) is 2.28. The molecule has 0 radical (unpaired) electrons. The molecule has 0 aromatic heterocycles. The average molecular weight is 367 g/mol. The molecular weight excluding hydrogens is 351 g/mol. The first-order valence-corrected chi connectivity index (χ1v) is 8.58. The normalized spacial score (nSPS) is 19.3. The van der Waals surface area contributed by atoms with Gasteiger partial charge in [0, 0.05) is 19.2 Å². The minimum atomic E-state index is -4.37. The van der Waals surface area contributed by atoms with Gasteiger partial charge in [0.2, 0.25) is 10.0 Å². The van der Waals surface area contributed by atoms with Crippen molar-refractivity contribution in [1.82, 2.24) is 4.72 Å². The Labute approximate surface area is 136 Å². The zero-order valence-electron chi connectivity index (χ0n) is 12.7. The summed E-state index contributed by atoms with van der Waals surface area (Å²) in [7, 11) is -2.73. The summed E-state index contributed by atoms with van der Waals surface area (Å²) in [6.45, 7) is -0.145. The van der Waals surface area contributed by atoms with E-state index in [1.54, 1.807) is 0 Å². The van der Waals surface area contributed by atoms with Gasteiger partial charge in [-0.05, 0) is 32.0 Å². The van der Waals surface area contributed by atoms with E-state index in [4.69, 9.17) is 0 Å². The second kappa shape index (κ2) is 6.55. The largest absolute Gasteiger partial charge is 0.393 e. The molecule has 7 nitrogen and oxygen atoms in total. The number of benzene rings is 1. The molecule has 0 spiro atoms. The van der Waals surface area contributed by atoms with Crippen LogP contribution in [0.15, 0.2) is 23.1 Å². The van der Waals surface area contributed by atoms with Crippen LogP contribution >= 0.6 is 0 Å². The smallest absolute Gasteiger partial charge is 0.365 e. The maximum Gasteiger partial charge on any atom is 0.393 e. The van der Waals surface area contributed by atoms with E-state index in [1.165, 1.54) is 11.0 Å². The number of piperidine rings is 1. The lowest BCUT2D eigenvalue weighted by Gasteiger charge is -2.34. The Bertz CT molecular complexity index is 736. The van der Waals surface area contributed by atoms with E-state index in [1.807, 2.05) is 4.72 Å². The van der Waals surface area contributed by atoms with E-state index in [-0.39, 0.29) is 36.5 Å². The van der Waals surface area contributed by atoms with Gasteiger partial charge in [-0.1, -0.05) is 0 Å². The van der Waals surface area contributed by atoms with Crippen LogP contribution in [0.25, 0.3) is 0 Å². The number of halogens is 3. The van der Waals surface area contributed by atoms with Crippen LogP contribution in [0.2, 0.25) is 0 Å². The summed E-state index contributed by atoms with van der Waals surface area (Å²) in [6.07, 6.45) is -4.15. The summed E-state index contributed by atoms with van der Waals surface area (Å²) in [5.74, 6) is -1.56. The molecule has 1 heterocycles. The van der Waals surface area contributed by atoms with Crippen LogP contribution in [0.5, 0.6) is 0 Å². The van der Waals surface area contributed by atoms with Gasteiger partial charge in [0.05, 0.1) is 15.7 Å². The van der Waals surface area contributed by atoms with Crippen LogP contribution in [0, 0.1) is 16.0 Å². The van der Waals surface area contributed by atoms with E-state index in [0.717, 1.165) is 19.2 Å². The van der Waals surface area contributed by atoms with Crippen LogP contribution in [-0.4, -0.2) is 39.7 Å². The molecule has 1 aromatic carbocycles. The van der Waals surface area contributed by atoms with Crippen LogP contribution in [0.1, 0.15) is 12.8 Å². The molecule has 1 N–H and O–H groups in total. The first-order chi connectivity index (χ1) is 11.1. The SMILES string of the molecule is CNS(=O)(=O)c1ccc(N2CCC[C@@H](C(F)(F)F)C2)c([N+](=O)[O-])c1. The number of anilines is 1. The van der Waals surface area contributed by atoms with Crippen molar-refractivity contribution in [2.45, 2.75) is 23.9 Å². The topological polar surface area (TPSA) is 92.6 Å². The van der Waals surface area contributed by atoms with Crippen molar-refractivity contribution in [2.24, 2.45) is 5.92 Å². The zero-order chi connectivity index (χ0) is 18.1. The maximum atomic E-state index is 12.9. The third-order valence-corrected chi connectivity index (χ3v) is 5.36. The first kappa shape index (κ1) is 18.5. The van der Waals surface area contributed by atoms with Crippen molar-refractivity contribution in [1.29, 1.82) is 0 Å². The second-order valence-corrected chi connectivity index (χ2v) is 7.33. The van der Waals surface area contributed by atoms with E-state index >= 15 is 0 Å². The van der Waals surface area contributed by atoms with E-state index in [0.29, 0.717) is 0 Å². The minimum Gasteiger partial charge on any atom is -0.365 e. The molecule has 1 fully saturated rings. The third kappa shape index (κ3) is 3.78. The minimum absolute atomic E-state index is 0.0102. The van der Waals surface area contributed by atoms with Gasteiger partial charge in [-0.25, -0.2) is 13.1 Å². The highest BCUT2D eigenvalue weighted by atomic mass is 32.2. The van der Waals surface area contributed by atoms with Crippen LogP contribution in [0.3, 0.4) is 0 Å². The highest BCUT2D eigenvalue weighted by molar-refractivity contribution is 7.89. The van der Waals surface area contributed by atoms with Crippen LogP contribution in [-0.2, 0) is 10.0 Å². The quantitative estimate of drug-likeness (QED) is 0.651. The van der Waals surface area contributed by atoms with Crippen molar-refractivity contribution >= 4 is 21.4 Å². The van der Waals surface area contributed by atoms with Crippen molar-refractivity contribution in [2.75, 3.05) is 25.0 Å². The number of nitro groups is 1. The average Bonchev–Trinajstić information content (AvgIpc) is 2.53. The van der Waals surface area contributed by atoms with Crippen molar-refractivity contribution < 1.29 is 26.5 Å². The van der Waals surface area contributed by atoms with Gasteiger partial charge in [-0.15, -0.1) is 0 Å². The fraction of sp³-hybridized carbons (Fsp3) is 0.538. The number of sulfonamides is 1. The fourth-order valence-electron chi connectivity index (χ4n) is 2.67. The molecule has 1 aliphatic rings. The number of nitro benzene ring substituents is 1. The van der Waals surface area contributed by atoms with E-state index in [9.17, 15) is 31.7 Å². The molecule has 24 heavy (non-hydrogen) atoms. The van der Waals surface area contributed by atoms with Gasteiger partial charge < -0.3 is 4.90 Å². The zero-order valence-corrected chi connectivity index (χ0v) is 13.5. The Morgan fingerprint density at radius 3 is 2.58 bits per heavy atom. The van der Waals surface area contributed by atoms with Crippen molar-refractivity contribution in [3.63, 3.8) is 0 Å². The van der Waals surface area contributed by atoms with Crippen LogP contribution < -0.4 is 9.62 Å². The standard InChI is InChI=1S/C13H16F3N3O4S/c1-17-24(22,23)10-4-5-11(12(7-10)19(20)21)18-6-2-3-9(8-18)13(14,15)16/h4-5,7,9,17H,2-3,6,8H2,1H3/t9-/m1/s1. The monoisotopic (exact) mass is 367 g/mol. The summed E-state index contributed by atoms with van der Waals surface area (Å²) in [5, 5.41) is 11.3. The molecule has 1 aliphatic heterocycles. The number of nitrogens with one attached hydrogen (secondary N) is 1. The van der Waals surface area contributed by atoms with E-state index < -0.39 is 32.7 Å². The Hall–Kier alpha value is -1.88. The summed E-state index contributed by atoms with van der Waals surface area (Å²) in [4.78, 5) is 11.4. The molecule has 134 valence electrons. The summed E-state index contributed by atoms with van der Waals surface area (Å²) < 4.78 is 64.3. The van der Waals surface area contributed by atoms with Crippen molar-refractivity contribution in [3.8, 4) is 0 Å². The number of alkyl halides is 3. The highest BCUT2D eigenvalue weighted by Gasteiger charge is 2.42. The lowest BCUT2D eigenvalue weighted by molar-refractivity contribution is -0.384. The molecule has 0 saturated carbocycles. The van der Waals surface area contributed by atoms with Crippen LogP contribution in [0.4, 0.5) is 24.5 Å². The molecule has 0 aliphatic carbocycles. The molecule has 11 heteroatoms. The first-order valence-electron chi connectivity index (χ1n) is 7.10. The molecule has 0 unspecified atom stereocenters. The third-order valence-electron chi connectivity index (χ3n) is 3.95. The molecular formula is C13H16F3N3O4S. The van der Waals surface area contributed by atoms with Gasteiger partial charge in [0.1, 0.15) is 5.69 Å². The summed E-state index contributed by atoms with van der Waals surface area (Å²) >= 11 is 0. The predicted molar refractivity (Wildman–Crippen MR) is 80.3 cm³/mol. The number of hydrogen-bond donors (Lipinski definition) is 1. The molecule has 0 bridgehead atoms. The highest BCUT2D eigenvalue weighted by Crippen LogP contribution is 2.38. The van der Waals surface area contributed by atoms with Gasteiger partial charge >= 0.3 is 6.18 Å².